The van der Waals surface area contributed by atoms with Crippen molar-refractivity contribution < 1.29 is 22.7 Å². The Morgan fingerprint density at radius 1 is 1.38 bits per heavy atom. The monoisotopic (exact) mass is 635 g/mol. The summed E-state index contributed by atoms with van der Waals surface area (Å²) in [6.45, 7) is 4.10. The minimum absolute atomic E-state index is 0.0380. The number of halogens is 3. The molecule has 1 aliphatic carbocycles. The Morgan fingerprint density at radius 3 is 2.85 bits per heavy atom. The Morgan fingerprint density at radius 2 is 2.20 bits per heavy atom. The molecule has 0 spiro atoms. The van der Waals surface area contributed by atoms with Crippen molar-refractivity contribution in [2.75, 3.05) is 38.2 Å². The number of nitrogens with zero attached hydrogens (tertiary/aromatic N) is 5. The molecular formula is C26H24F3N7O2SSe. The number of amides is 1. The molecule has 1 amide bonds. The quantitative estimate of drug-likeness (QED) is 0.315. The molecule has 0 bridgehead atoms. The van der Waals surface area contributed by atoms with Gasteiger partial charge in [-0.15, -0.1) is 0 Å². The van der Waals surface area contributed by atoms with Crippen LogP contribution in [0.4, 0.5) is 19.0 Å². The van der Waals surface area contributed by atoms with Crippen LogP contribution in [0.3, 0.4) is 0 Å². The van der Waals surface area contributed by atoms with Crippen LogP contribution in [0, 0.1) is 36.0 Å². The molecule has 1 saturated carbocycles. The summed E-state index contributed by atoms with van der Waals surface area (Å²) in [4.78, 5) is 18.9. The van der Waals surface area contributed by atoms with Crippen LogP contribution in [0.15, 0.2) is 24.4 Å². The molecule has 0 radical (unpaired) electrons. The Kier molecular flexibility index (Phi) is 6.80. The van der Waals surface area contributed by atoms with E-state index in [0.717, 1.165) is 30.9 Å². The third-order valence-electron chi connectivity index (χ3n) is 7.59. The van der Waals surface area contributed by atoms with Gasteiger partial charge in [-0.2, -0.15) is 0 Å². The number of nitrogens with one attached hydrogen (secondary N) is 2. The standard InChI is InChI=1S/C26H24F3N7O2SSe/c1-16-32-11-20(39-16)23(37)31-8-3-4-18-22(40-26(27,28)29)19-5-2-6-21(36(19)34-18)33-25-7-9-35(12-17(25)10-25)24(13-30)14-38-15-24/h2,5-6,11,17,33H,7-10,12,14-15H2,1H3,(H,31,37). The van der Waals surface area contributed by atoms with E-state index in [1.807, 2.05) is 6.07 Å². The van der Waals surface area contributed by atoms with Crippen molar-refractivity contribution >= 4 is 48.0 Å². The summed E-state index contributed by atoms with van der Waals surface area (Å²) < 4.78 is 47.6. The molecule has 6 rings (SSSR count). The number of fused-ring (bicyclic) bond motifs is 2. The van der Waals surface area contributed by atoms with Crippen molar-refractivity contribution in [2.45, 2.75) is 35.9 Å². The number of nitriles is 1. The van der Waals surface area contributed by atoms with E-state index in [1.54, 1.807) is 19.1 Å². The maximum absolute atomic E-state index is 13.6. The van der Waals surface area contributed by atoms with E-state index in [-0.39, 0.29) is 28.1 Å². The third kappa shape index (κ3) is 5.06. The first-order valence-electron chi connectivity index (χ1n) is 12.6. The van der Waals surface area contributed by atoms with Gasteiger partial charge in [0, 0.05) is 0 Å². The summed E-state index contributed by atoms with van der Waals surface area (Å²) in [5, 5.41) is 16.7. The molecule has 9 nitrogen and oxygen atoms in total. The number of hydrogen-bond acceptors (Lipinski definition) is 8. The molecule has 2 N–H and O–H groups in total. The number of piperidine rings is 1. The summed E-state index contributed by atoms with van der Waals surface area (Å²) in [5.41, 5.74) is -0.317. The van der Waals surface area contributed by atoms with Gasteiger partial charge in [0.1, 0.15) is 0 Å². The van der Waals surface area contributed by atoms with Crippen LogP contribution in [0.2, 0.25) is 0 Å². The number of thiazole rings is 1. The van der Waals surface area contributed by atoms with Crippen LogP contribution in [0.25, 0.3) is 5.52 Å². The van der Waals surface area contributed by atoms with Crippen LogP contribution in [0.5, 0.6) is 0 Å². The Labute approximate surface area is 238 Å². The fourth-order valence-corrected chi connectivity index (χ4v) is 7.46. The molecule has 5 heterocycles. The first-order valence-corrected chi connectivity index (χ1v) is 15.1. The second-order valence-electron chi connectivity index (χ2n) is 10.2. The molecule has 2 unspecified atom stereocenters. The number of likely N-dealkylation sites (tertiary alicyclic amines) is 1. The number of aromatic nitrogens is 3. The van der Waals surface area contributed by atoms with Crippen molar-refractivity contribution in [1.82, 2.24) is 24.8 Å². The molecule has 0 aromatic carbocycles. The Balaban J connectivity index is 1.22. The SMILES string of the molecule is Cc1ncc(C(=O)NCC#Cc2nn3c(NC45CCN(C6(C#N)COC6)CC4C5)cccc3c2[Se]C(F)(F)F)s1. The van der Waals surface area contributed by atoms with Crippen molar-refractivity contribution in [3.05, 3.63) is 40.0 Å². The molecule has 2 saturated heterocycles. The van der Waals surface area contributed by atoms with E-state index in [9.17, 15) is 23.2 Å². The second kappa shape index (κ2) is 10.1. The topological polar surface area (TPSA) is 108 Å². The van der Waals surface area contributed by atoms with E-state index in [2.05, 4.69) is 43.5 Å². The second-order valence-corrected chi connectivity index (χ2v) is 13.7. The summed E-state index contributed by atoms with van der Waals surface area (Å²) in [6, 6.07) is 7.57. The van der Waals surface area contributed by atoms with Gasteiger partial charge in [-0.25, -0.2) is 0 Å². The number of aryl methyl sites for hydroxylation is 1. The molecular weight excluding hydrogens is 610 g/mol. The normalized spacial score (nSPS) is 23.3. The van der Waals surface area contributed by atoms with Crippen LogP contribution in [-0.4, -0.2) is 89.4 Å². The van der Waals surface area contributed by atoms with Gasteiger partial charge < -0.3 is 0 Å². The Hall–Kier alpha value is -3.13. The predicted octanol–water partition coefficient (Wildman–Crippen LogP) is 1.90. The van der Waals surface area contributed by atoms with Gasteiger partial charge in [-0.3, -0.25) is 0 Å². The predicted molar refractivity (Wildman–Crippen MR) is 143 cm³/mol. The van der Waals surface area contributed by atoms with Crippen LogP contribution >= 0.6 is 11.3 Å². The molecule has 40 heavy (non-hydrogen) atoms. The number of hydrogen-bond donors (Lipinski definition) is 2. The van der Waals surface area contributed by atoms with E-state index >= 15 is 0 Å². The van der Waals surface area contributed by atoms with Gasteiger partial charge >= 0.3 is 239 Å². The van der Waals surface area contributed by atoms with Gasteiger partial charge in [0.2, 0.25) is 0 Å². The fraction of sp³-hybridized carbons (Fsp3) is 0.462. The average Bonchev–Trinajstić information content (AvgIpc) is 3.23. The summed E-state index contributed by atoms with van der Waals surface area (Å²) >= 11 is -0.610. The molecule has 2 aliphatic heterocycles. The molecule has 3 fully saturated rings. The molecule has 14 heteroatoms. The maximum atomic E-state index is 13.6. The number of anilines is 1. The number of carbonyl (C=O) groups is 1. The van der Waals surface area contributed by atoms with Crippen molar-refractivity contribution in [3.63, 3.8) is 0 Å². The van der Waals surface area contributed by atoms with Crippen molar-refractivity contribution in [2.24, 2.45) is 5.92 Å². The zero-order valence-electron chi connectivity index (χ0n) is 21.3. The number of carbonyl (C=O) groups excluding carboxylic acids is 1. The summed E-state index contributed by atoms with van der Waals surface area (Å²) in [5.74, 6) is 6.11. The first-order chi connectivity index (χ1) is 19.1. The van der Waals surface area contributed by atoms with Crippen LogP contribution in [-0.2, 0) is 4.74 Å². The molecule has 3 aromatic rings. The van der Waals surface area contributed by atoms with Gasteiger partial charge in [-0.1, -0.05) is 0 Å². The van der Waals surface area contributed by atoms with Gasteiger partial charge in [-0.05, 0) is 0 Å². The van der Waals surface area contributed by atoms with Crippen LogP contribution < -0.4 is 15.1 Å². The molecule has 208 valence electrons. The first kappa shape index (κ1) is 27.1. The molecule has 3 aromatic heterocycles. The van der Waals surface area contributed by atoms with Gasteiger partial charge in [0.25, 0.3) is 0 Å². The minimum atomic E-state index is -4.39. The van der Waals surface area contributed by atoms with E-state index in [4.69, 9.17) is 4.74 Å². The number of alkyl halides is 3. The summed E-state index contributed by atoms with van der Waals surface area (Å²) in [7, 11) is 0. The average molecular weight is 635 g/mol. The van der Waals surface area contributed by atoms with E-state index in [0.29, 0.717) is 35.3 Å². The van der Waals surface area contributed by atoms with E-state index < -0.39 is 25.6 Å². The van der Waals surface area contributed by atoms with Gasteiger partial charge in [0.15, 0.2) is 0 Å². The fourth-order valence-electron chi connectivity index (χ4n) is 5.34. The van der Waals surface area contributed by atoms with Crippen molar-refractivity contribution in [1.29, 1.82) is 5.26 Å². The Bertz CT molecular complexity index is 1580. The summed E-state index contributed by atoms with van der Waals surface area (Å²) in [6.07, 6.45) is 3.19. The van der Waals surface area contributed by atoms with Crippen LogP contribution in [0.1, 0.15) is 33.2 Å². The van der Waals surface area contributed by atoms with Gasteiger partial charge in [0.05, 0.1) is 0 Å². The van der Waals surface area contributed by atoms with E-state index in [1.165, 1.54) is 22.0 Å². The number of rotatable bonds is 6. The molecule has 2 atom stereocenters. The number of ether oxygens (including phenoxy) is 1. The molecule has 3 aliphatic rings. The number of pyridine rings is 1. The van der Waals surface area contributed by atoms with Crippen molar-refractivity contribution in [3.8, 4) is 17.9 Å². The zero-order valence-corrected chi connectivity index (χ0v) is 23.9. The third-order valence-corrected chi connectivity index (χ3v) is 10.3. The zero-order chi connectivity index (χ0) is 28.1.